The van der Waals surface area contributed by atoms with E-state index in [-0.39, 0.29) is 0 Å². The monoisotopic (exact) mass is 798 g/mol. The molecule has 0 aliphatic rings. The molecule has 0 aliphatic carbocycles. The third-order valence-electron chi connectivity index (χ3n) is 11.3. The second-order valence-electron chi connectivity index (χ2n) is 15.1. The van der Waals surface area contributed by atoms with Crippen LogP contribution >= 0.6 is 0 Å². The van der Waals surface area contributed by atoms with Crippen LogP contribution in [0.25, 0.3) is 100 Å². The number of hydrogen-bond acceptors (Lipinski definition) is 4. The van der Waals surface area contributed by atoms with Crippen LogP contribution in [0.1, 0.15) is 11.1 Å². The van der Waals surface area contributed by atoms with E-state index in [1.165, 1.54) is 6.07 Å². The predicted octanol–water partition coefficient (Wildman–Crippen LogP) is 13.5. The van der Waals surface area contributed by atoms with Gasteiger partial charge in [0.2, 0.25) is 0 Å². The third kappa shape index (κ3) is 6.21. The summed E-state index contributed by atoms with van der Waals surface area (Å²) in [6, 6.07) is 56.2. The smallest absolute Gasteiger partial charge is 0.309 e. The summed E-state index contributed by atoms with van der Waals surface area (Å²) in [5.41, 5.74) is 9.59. The van der Waals surface area contributed by atoms with Gasteiger partial charge in [-0.15, -0.1) is 0 Å². The fourth-order valence-corrected chi connectivity index (χ4v) is 8.49. The highest BCUT2D eigenvalue weighted by molar-refractivity contribution is 6.11. The minimum Gasteiger partial charge on any atom is -0.309 e. The SMILES string of the molecule is Cc1ccc2c(c1)c1ccccc1n2-c1ccc(-c2nc(-c3ccccc3)nc(-c3ccccc3)n2)cc1-c1cc(-n2c3ccccc3c3cc(C(F)(F)F)ccc32)ccn1. The van der Waals surface area contributed by atoms with Gasteiger partial charge < -0.3 is 9.13 Å². The molecule has 0 radical (unpaired) electrons. The highest BCUT2D eigenvalue weighted by Gasteiger charge is 2.31. The van der Waals surface area contributed by atoms with Crippen molar-refractivity contribution < 1.29 is 13.2 Å². The summed E-state index contributed by atoms with van der Waals surface area (Å²) in [5.74, 6) is 1.60. The summed E-state index contributed by atoms with van der Waals surface area (Å²) >= 11 is 0. The van der Waals surface area contributed by atoms with Crippen LogP contribution in [0.5, 0.6) is 0 Å². The zero-order chi connectivity index (χ0) is 41.2. The van der Waals surface area contributed by atoms with E-state index in [2.05, 4.69) is 60.0 Å². The molecule has 0 fully saturated rings. The molecule has 0 amide bonds. The Morgan fingerprint density at radius 2 is 0.984 bits per heavy atom. The van der Waals surface area contributed by atoms with Crippen LogP contribution in [-0.4, -0.2) is 29.1 Å². The van der Waals surface area contributed by atoms with Crippen LogP contribution in [0.3, 0.4) is 0 Å². The fourth-order valence-electron chi connectivity index (χ4n) is 8.49. The highest BCUT2D eigenvalue weighted by atomic mass is 19.4. The van der Waals surface area contributed by atoms with Gasteiger partial charge in [-0.1, -0.05) is 109 Å². The maximum atomic E-state index is 14.0. The lowest BCUT2D eigenvalue weighted by Gasteiger charge is -2.17. The van der Waals surface area contributed by atoms with E-state index in [1.54, 1.807) is 12.3 Å². The number of rotatable bonds is 6. The number of benzene rings is 7. The lowest BCUT2D eigenvalue weighted by molar-refractivity contribution is -0.137. The third-order valence-corrected chi connectivity index (χ3v) is 11.3. The van der Waals surface area contributed by atoms with E-state index in [9.17, 15) is 13.2 Å². The molecule has 11 aromatic rings. The van der Waals surface area contributed by atoms with Gasteiger partial charge in [-0.05, 0) is 79.7 Å². The van der Waals surface area contributed by atoms with Crippen LogP contribution in [0, 0.1) is 6.92 Å². The molecule has 0 saturated carbocycles. The molecule has 0 unspecified atom stereocenters. The van der Waals surface area contributed by atoms with Crippen LogP contribution in [0.15, 0.2) is 182 Å². The van der Waals surface area contributed by atoms with Gasteiger partial charge in [0.1, 0.15) is 0 Å². The Morgan fingerprint density at radius 1 is 0.443 bits per heavy atom. The molecule has 7 aromatic carbocycles. The molecule has 4 aromatic heterocycles. The molecule has 61 heavy (non-hydrogen) atoms. The molecular weight excluding hydrogens is 766 g/mol. The minimum atomic E-state index is -4.48. The number of para-hydroxylation sites is 2. The number of hydrogen-bond donors (Lipinski definition) is 0. The van der Waals surface area contributed by atoms with Gasteiger partial charge in [0.15, 0.2) is 17.5 Å². The first kappa shape index (κ1) is 36.2. The van der Waals surface area contributed by atoms with Crippen molar-refractivity contribution in [3.05, 3.63) is 193 Å². The number of aromatic nitrogens is 6. The van der Waals surface area contributed by atoms with Crippen LogP contribution < -0.4 is 0 Å². The number of halogens is 3. The predicted molar refractivity (Wildman–Crippen MR) is 238 cm³/mol. The average molecular weight is 799 g/mol. The second kappa shape index (κ2) is 14.1. The summed E-state index contributed by atoms with van der Waals surface area (Å²) in [7, 11) is 0. The molecule has 6 nitrogen and oxygen atoms in total. The van der Waals surface area contributed by atoms with Crippen molar-refractivity contribution in [1.82, 2.24) is 29.1 Å². The van der Waals surface area contributed by atoms with Gasteiger partial charge in [0, 0.05) is 55.7 Å². The van der Waals surface area contributed by atoms with E-state index >= 15 is 0 Å². The molecule has 0 aliphatic heterocycles. The van der Waals surface area contributed by atoms with Crippen molar-refractivity contribution in [3.63, 3.8) is 0 Å². The second-order valence-corrected chi connectivity index (χ2v) is 15.1. The Balaban J connectivity index is 1.17. The zero-order valence-electron chi connectivity index (χ0n) is 32.6. The Kier molecular flexibility index (Phi) is 8.38. The topological polar surface area (TPSA) is 61.4 Å². The van der Waals surface area contributed by atoms with Crippen molar-refractivity contribution in [3.8, 4) is 56.8 Å². The zero-order valence-corrected chi connectivity index (χ0v) is 32.6. The van der Waals surface area contributed by atoms with Gasteiger partial charge in [-0.3, -0.25) is 4.98 Å². The number of nitrogens with zero attached hydrogens (tertiary/aromatic N) is 6. The Labute approximate surface area is 347 Å². The molecule has 292 valence electrons. The summed E-state index contributed by atoms with van der Waals surface area (Å²) in [6.45, 7) is 2.10. The lowest BCUT2D eigenvalue weighted by Crippen LogP contribution is -2.04. The number of fused-ring (bicyclic) bond motifs is 6. The van der Waals surface area contributed by atoms with Crippen molar-refractivity contribution in [2.45, 2.75) is 13.1 Å². The Bertz CT molecular complexity index is 3420. The van der Waals surface area contributed by atoms with Gasteiger partial charge in [0.25, 0.3) is 0 Å². The number of alkyl halides is 3. The number of pyridine rings is 1. The molecule has 0 N–H and O–H groups in total. The van der Waals surface area contributed by atoms with Crippen LogP contribution in [0.2, 0.25) is 0 Å². The average Bonchev–Trinajstić information content (AvgIpc) is 3.81. The summed E-state index contributed by atoms with van der Waals surface area (Å²) < 4.78 is 46.3. The largest absolute Gasteiger partial charge is 0.416 e. The maximum Gasteiger partial charge on any atom is 0.416 e. The maximum absolute atomic E-state index is 14.0. The van der Waals surface area contributed by atoms with Crippen molar-refractivity contribution in [2.24, 2.45) is 0 Å². The molecule has 0 saturated heterocycles. The van der Waals surface area contributed by atoms with Crippen molar-refractivity contribution in [2.75, 3.05) is 0 Å². The fraction of sp³-hybridized carbons (Fsp3) is 0.0385. The van der Waals surface area contributed by atoms with Gasteiger partial charge in [-0.2, -0.15) is 13.2 Å². The van der Waals surface area contributed by atoms with Gasteiger partial charge in [0.05, 0.1) is 39.0 Å². The molecule has 0 bridgehead atoms. The highest BCUT2D eigenvalue weighted by Crippen LogP contribution is 2.41. The lowest BCUT2D eigenvalue weighted by atomic mass is 10.0. The Hall–Kier alpha value is -7.91. The molecule has 11 rings (SSSR count). The molecular formula is C52H33F3N6. The van der Waals surface area contributed by atoms with Gasteiger partial charge >= 0.3 is 6.18 Å². The molecule has 0 atom stereocenters. The summed E-state index contributed by atoms with van der Waals surface area (Å²) in [5, 5.41) is 3.50. The van der Waals surface area contributed by atoms with E-state index in [1.807, 2.05) is 114 Å². The van der Waals surface area contributed by atoms with E-state index in [4.69, 9.17) is 19.9 Å². The minimum absolute atomic E-state index is 0.498. The standard InChI is InChI=1S/C52H33F3N6/c1-32-20-23-47-40(28-32)38-16-9-11-19-45(38)61(47)48-24-21-35(51-58-49(33-12-4-2-5-13-33)57-50(59-51)34-14-6-3-7-15-34)29-42(48)43-31-37(26-27-56-43)60-44-18-10-8-17-39(44)41-30-36(52(53,54)55)22-25-46(41)60/h2-31H,1H3. The summed E-state index contributed by atoms with van der Waals surface area (Å²) in [4.78, 5) is 20.0. The Morgan fingerprint density at radius 3 is 1.64 bits per heavy atom. The van der Waals surface area contributed by atoms with E-state index in [0.717, 1.165) is 78.0 Å². The van der Waals surface area contributed by atoms with E-state index in [0.29, 0.717) is 34.1 Å². The summed E-state index contributed by atoms with van der Waals surface area (Å²) in [6.07, 6.45) is -2.72. The quantitative estimate of drug-likeness (QED) is 0.168. The van der Waals surface area contributed by atoms with Crippen molar-refractivity contribution in [1.29, 1.82) is 0 Å². The normalized spacial score (nSPS) is 11.9. The van der Waals surface area contributed by atoms with E-state index < -0.39 is 11.7 Å². The first-order valence-corrected chi connectivity index (χ1v) is 19.9. The molecule has 9 heteroatoms. The first-order valence-electron chi connectivity index (χ1n) is 19.9. The number of aryl methyl sites for hydroxylation is 1. The van der Waals surface area contributed by atoms with Crippen molar-refractivity contribution >= 4 is 43.6 Å². The van der Waals surface area contributed by atoms with Crippen LogP contribution in [0.4, 0.5) is 13.2 Å². The molecule has 4 heterocycles. The van der Waals surface area contributed by atoms with Crippen LogP contribution in [-0.2, 0) is 6.18 Å². The first-order chi connectivity index (χ1) is 29.8. The molecule has 0 spiro atoms. The van der Waals surface area contributed by atoms with Gasteiger partial charge in [-0.25, -0.2) is 15.0 Å².